The first-order chi connectivity index (χ1) is 7.61. The molecule has 0 spiro atoms. The van der Waals surface area contributed by atoms with Crippen LogP contribution < -0.4 is 0 Å². The molecule has 1 saturated carbocycles. The number of carbonyl (C=O) groups is 1. The van der Waals surface area contributed by atoms with Gasteiger partial charge in [0.1, 0.15) is 6.17 Å². The predicted octanol–water partition coefficient (Wildman–Crippen LogP) is 2.71. The van der Waals surface area contributed by atoms with Gasteiger partial charge in [-0.2, -0.15) is 0 Å². The second kappa shape index (κ2) is 4.24. The molecule has 0 saturated heterocycles. The summed E-state index contributed by atoms with van der Waals surface area (Å²) in [6, 6.07) is 9.47. The molecule has 16 heavy (non-hydrogen) atoms. The molecule has 0 aromatic heterocycles. The van der Waals surface area contributed by atoms with Crippen molar-refractivity contribution in [3.8, 4) is 0 Å². The van der Waals surface area contributed by atoms with Crippen LogP contribution in [0.2, 0.25) is 0 Å². The molecule has 3 unspecified atom stereocenters. The number of carbonyl (C=O) groups excluding carboxylic acids is 1. The van der Waals surface area contributed by atoms with Crippen molar-refractivity contribution >= 4 is 5.91 Å². The molecule has 1 aliphatic rings. The van der Waals surface area contributed by atoms with E-state index in [1.165, 1.54) is 6.92 Å². The van der Waals surface area contributed by atoms with E-state index < -0.39 is 6.17 Å². The number of rotatable bonds is 3. The van der Waals surface area contributed by atoms with Gasteiger partial charge in [0.15, 0.2) is 0 Å². The van der Waals surface area contributed by atoms with Gasteiger partial charge in [0, 0.05) is 13.3 Å². The summed E-state index contributed by atoms with van der Waals surface area (Å²) in [6.07, 6.45) is -0.355. The summed E-state index contributed by atoms with van der Waals surface area (Å²) in [5, 5.41) is 0. The largest absolute Gasteiger partial charge is 0.330 e. The lowest BCUT2D eigenvalue weighted by Crippen LogP contribution is -2.34. The number of benzene rings is 1. The van der Waals surface area contributed by atoms with E-state index in [0.29, 0.717) is 6.42 Å². The third-order valence-electron chi connectivity index (χ3n) is 3.10. The van der Waals surface area contributed by atoms with Gasteiger partial charge in [0.05, 0.1) is 12.1 Å². The van der Waals surface area contributed by atoms with Gasteiger partial charge in [-0.1, -0.05) is 30.3 Å². The highest BCUT2D eigenvalue weighted by molar-refractivity contribution is 5.74. The molecular weight excluding hydrogens is 205 g/mol. The Balaban J connectivity index is 2.18. The summed E-state index contributed by atoms with van der Waals surface area (Å²) in [4.78, 5) is 13.2. The fraction of sp³-hybridized carbons (Fsp3) is 0.462. The lowest BCUT2D eigenvalue weighted by atomic mass is 10.1. The molecule has 1 amide bonds. The lowest BCUT2D eigenvalue weighted by Gasteiger charge is -2.28. The zero-order valence-corrected chi connectivity index (χ0v) is 9.56. The van der Waals surface area contributed by atoms with E-state index in [9.17, 15) is 9.18 Å². The van der Waals surface area contributed by atoms with Crippen molar-refractivity contribution in [3.05, 3.63) is 35.9 Å². The second-order valence-corrected chi connectivity index (χ2v) is 4.33. The third kappa shape index (κ3) is 2.08. The van der Waals surface area contributed by atoms with E-state index >= 15 is 0 Å². The number of hydrogen-bond donors (Lipinski definition) is 0. The van der Waals surface area contributed by atoms with Crippen LogP contribution in [-0.4, -0.2) is 23.0 Å². The minimum absolute atomic E-state index is 0.0514. The van der Waals surface area contributed by atoms with Crippen LogP contribution in [0, 0.1) is 0 Å². The molecule has 0 bridgehead atoms. The Labute approximate surface area is 95.1 Å². The molecule has 2 rings (SSSR count). The van der Waals surface area contributed by atoms with Crippen molar-refractivity contribution in [2.45, 2.75) is 38.5 Å². The molecule has 1 aromatic rings. The second-order valence-electron chi connectivity index (χ2n) is 4.33. The summed E-state index contributed by atoms with van der Waals surface area (Å²) in [6.45, 7) is 3.45. The Morgan fingerprint density at radius 3 is 2.44 bits per heavy atom. The Bertz CT molecular complexity index is 379. The van der Waals surface area contributed by atoms with Crippen molar-refractivity contribution in [1.82, 2.24) is 4.90 Å². The van der Waals surface area contributed by atoms with Gasteiger partial charge in [0.25, 0.3) is 0 Å². The van der Waals surface area contributed by atoms with Crippen molar-refractivity contribution in [3.63, 3.8) is 0 Å². The van der Waals surface area contributed by atoms with Crippen LogP contribution in [0.25, 0.3) is 0 Å². The maximum absolute atomic E-state index is 13.1. The minimum atomic E-state index is -0.838. The predicted molar refractivity (Wildman–Crippen MR) is 60.7 cm³/mol. The van der Waals surface area contributed by atoms with Crippen LogP contribution in [0.4, 0.5) is 4.39 Å². The van der Waals surface area contributed by atoms with Crippen molar-refractivity contribution in [2.24, 2.45) is 0 Å². The number of alkyl halides is 1. The first kappa shape index (κ1) is 11.1. The van der Waals surface area contributed by atoms with E-state index in [2.05, 4.69) is 0 Å². The first-order valence-corrected chi connectivity index (χ1v) is 5.59. The highest BCUT2D eigenvalue weighted by atomic mass is 19.1. The van der Waals surface area contributed by atoms with Crippen LogP contribution in [0.1, 0.15) is 31.9 Å². The average Bonchev–Trinajstić information content (AvgIpc) is 2.96. The number of nitrogens with zero attached hydrogens (tertiary/aromatic N) is 1. The van der Waals surface area contributed by atoms with Gasteiger partial charge < -0.3 is 4.90 Å². The van der Waals surface area contributed by atoms with Crippen molar-refractivity contribution in [2.75, 3.05) is 0 Å². The summed E-state index contributed by atoms with van der Waals surface area (Å²) in [5.74, 6) is -0.0542. The summed E-state index contributed by atoms with van der Waals surface area (Å²) in [7, 11) is 0. The van der Waals surface area contributed by atoms with Gasteiger partial charge in [-0.3, -0.25) is 4.79 Å². The molecular formula is C13H16FNO. The third-order valence-corrected chi connectivity index (χ3v) is 3.10. The van der Waals surface area contributed by atoms with Crippen LogP contribution in [0.3, 0.4) is 0 Å². The molecule has 3 atom stereocenters. The highest BCUT2D eigenvalue weighted by Crippen LogP contribution is 2.36. The normalized spacial score (nSPS) is 24.9. The van der Waals surface area contributed by atoms with Crippen LogP contribution in [-0.2, 0) is 4.79 Å². The SMILES string of the molecule is CC(=O)N(C(C)c1ccccc1)C1CC1F. The van der Waals surface area contributed by atoms with E-state index in [0.717, 1.165) is 5.56 Å². The number of amides is 1. The molecule has 0 radical (unpaired) electrons. The quantitative estimate of drug-likeness (QED) is 0.768. The topological polar surface area (TPSA) is 20.3 Å². The average molecular weight is 221 g/mol. The Morgan fingerprint density at radius 1 is 1.44 bits per heavy atom. The fourth-order valence-corrected chi connectivity index (χ4v) is 2.13. The number of hydrogen-bond acceptors (Lipinski definition) is 1. The monoisotopic (exact) mass is 221 g/mol. The van der Waals surface area contributed by atoms with Gasteiger partial charge in [-0.15, -0.1) is 0 Å². The van der Waals surface area contributed by atoms with E-state index in [1.807, 2.05) is 37.3 Å². The maximum Gasteiger partial charge on any atom is 0.220 e. The van der Waals surface area contributed by atoms with E-state index in [-0.39, 0.29) is 18.0 Å². The first-order valence-electron chi connectivity index (χ1n) is 5.59. The molecule has 86 valence electrons. The zero-order chi connectivity index (χ0) is 11.7. The van der Waals surface area contributed by atoms with Crippen LogP contribution in [0.5, 0.6) is 0 Å². The van der Waals surface area contributed by atoms with Gasteiger partial charge in [-0.25, -0.2) is 4.39 Å². The van der Waals surface area contributed by atoms with E-state index in [4.69, 9.17) is 0 Å². The summed E-state index contributed by atoms with van der Waals surface area (Å²) >= 11 is 0. The molecule has 3 heteroatoms. The van der Waals surface area contributed by atoms with Crippen molar-refractivity contribution in [1.29, 1.82) is 0 Å². The standard InChI is InChI=1S/C13H16FNO/c1-9(11-6-4-3-5-7-11)15(10(2)16)13-8-12(13)14/h3-7,9,12-13H,8H2,1-2H3. The lowest BCUT2D eigenvalue weighted by molar-refractivity contribution is -0.132. The molecule has 1 fully saturated rings. The molecule has 2 nitrogen and oxygen atoms in total. The van der Waals surface area contributed by atoms with Crippen molar-refractivity contribution < 1.29 is 9.18 Å². The molecule has 0 heterocycles. The molecule has 0 aliphatic heterocycles. The summed E-state index contributed by atoms with van der Waals surface area (Å²) < 4.78 is 13.1. The number of halogens is 1. The molecule has 1 aliphatic carbocycles. The minimum Gasteiger partial charge on any atom is -0.330 e. The Morgan fingerprint density at radius 2 is 2.00 bits per heavy atom. The van der Waals surface area contributed by atoms with Gasteiger partial charge in [0.2, 0.25) is 5.91 Å². The molecule has 0 N–H and O–H groups in total. The smallest absolute Gasteiger partial charge is 0.220 e. The Kier molecular flexibility index (Phi) is 2.95. The zero-order valence-electron chi connectivity index (χ0n) is 9.56. The van der Waals surface area contributed by atoms with Crippen LogP contribution >= 0.6 is 0 Å². The summed E-state index contributed by atoms with van der Waals surface area (Å²) in [5.41, 5.74) is 1.05. The van der Waals surface area contributed by atoms with Gasteiger partial charge >= 0.3 is 0 Å². The van der Waals surface area contributed by atoms with Crippen LogP contribution in [0.15, 0.2) is 30.3 Å². The Hall–Kier alpha value is -1.38. The highest BCUT2D eigenvalue weighted by Gasteiger charge is 2.45. The van der Waals surface area contributed by atoms with E-state index in [1.54, 1.807) is 4.90 Å². The van der Waals surface area contributed by atoms with Gasteiger partial charge in [-0.05, 0) is 12.5 Å². The maximum atomic E-state index is 13.1. The fourth-order valence-electron chi connectivity index (χ4n) is 2.13. The molecule has 1 aromatic carbocycles.